The van der Waals surface area contributed by atoms with E-state index >= 15 is 0 Å². The monoisotopic (exact) mass is 348 g/mol. The molecule has 2 aromatic rings. The SMILES string of the molecule is CC(C)(C)c1ccc2c(c1)CCC2.CC(C)(C)c1cccc2c1CCC2. The van der Waals surface area contributed by atoms with Gasteiger partial charge in [-0.2, -0.15) is 0 Å². The smallest absolute Gasteiger partial charge is 0.0129 e. The Labute approximate surface area is 161 Å². The normalized spacial score (nSPS) is 15.9. The van der Waals surface area contributed by atoms with Crippen molar-refractivity contribution in [3.63, 3.8) is 0 Å². The maximum absolute atomic E-state index is 2.41. The van der Waals surface area contributed by atoms with Crippen LogP contribution in [0.5, 0.6) is 0 Å². The van der Waals surface area contributed by atoms with E-state index in [-0.39, 0.29) is 0 Å². The molecular formula is C26H36. The lowest BCUT2D eigenvalue weighted by Gasteiger charge is -2.22. The molecule has 0 bridgehead atoms. The fourth-order valence-corrected chi connectivity index (χ4v) is 4.36. The molecule has 0 spiro atoms. The lowest BCUT2D eigenvalue weighted by atomic mass is 9.83. The van der Waals surface area contributed by atoms with Gasteiger partial charge in [0, 0.05) is 0 Å². The fraction of sp³-hybridized carbons (Fsp3) is 0.538. The highest BCUT2D eigenvalue weighted by Gasteiger charge is 2.22. The van der Waals surface area contributed by atoms with Crippen LogP contribution in [0.1, 0.15) is 87.8 Å². The van der Waals surface area contributed by atoms with E-state index in [2.05, 4.69) is 77.9 Å². The lowest BCUT2D eigenvalue weighted by molar-refractivity contribution is 0.583. The van der Waals surface area contributed by atoms with E-state index in [1.54, 1.807) is 27.8 Å². The molecule has 2 aliphatic carbocycles. The molecule has 0 N–H and O–H groups in total. The first-order chi connectivity index (χ1) is 12.2. The Morgan fingerprint density at radius 3 is 1.96 bits per heavy atom. The van der Waals surface area contributed by atoms with E-state index in [1.165, 1.54) is 44.1 Å². The second kappa shape index (κ2) is 7.22. The van der Waals surface area contributed by atoms with Gasteiger partial charge in [-0.15, -0.1) is 0 Å². The maximum atomic E-state index is 2.41. The van der Waals surface area contributed by atoms with Gasteiger partial charge in [0.25, 0.3) is 0 Å². The molecule has 0 heteroatoms. The molecule has 0 saturated carbocycles. The summed E-state index contributed by atoms with van der Waals surface area (Å²) in [7, 11) is 0. The summed E-state index contributed by atoms with van der Waals surface area (Å²) in [5.41, 5.74) is 10.0. The first kappa shape index (κ1) is 19.2. The van der Waals surface area contributed by atoms with Gasteiger partial charge in [-0.3, -0.25) is 0 Å². The van der Waals surface area contributed by atoms with Crippen molar-refractivity contribution in [3.8, 4) is 0 Å². The second-order valence-corrected chi connectivity index (χ2v) is 10.1. The summed E-state index contributed by atoms with van der Waals surface area (Å²) in [5.74, 6) is 0. The predicted molar refractivity (Wildman–Crippen MR) is 114 cm³/mol. The number of fused-ring (bicyclic) bond motifs is 2. The molecule has 0 radical (unpaired) electrons. The van der Waals surface area contributed by atoms with Crippen LogP contribution < -0.4 is 0 Å². The van der Waals surface area contributed by atoms with Crippen LogP contribution in [0.15, 0.2) is 36.4 Å². The minimum absolute atomic E-state index is 0.303. The van der Waals surface area contributed by atoms with Crippen LogP contribution in [0, 0.1) is 0 Å². The molecule has 2 aromatic carbocycles. The Morgan fingerprint density at radius 1 is 0.615 bits per heavy atom. The van der Waals surface area contributed by atoms with Crippen molar-refractivity contribution >= 4 is 0 Å². The van der Waals surface area contributed by atoms with E-state index in [9.17, 15) is 0 Å². The van der Waals surface area contributed by atoms with Crippen LogP contribution in [0.2, 0.25) is 0 Å². The molecule has 0 unspecified atom stereocenters. The van der Waals surface area contributed by atoms with E-state index in [1.807, 2.05) is 0 Å². The van der Waals surface area contributed by atoms with Crippen LogP contribution in [0.4, 0.5) is 0 Å². The maximum Gasteiger partial charge on any atom is -0.0129 e. The molecule has 2 aliphatic rings. The van der Waals surface area contributed by atoms with E-state index in [0.717, 1.165) is 0 Å². The number of hydrogen-bond donors (Lipinski definition) is 0. The molecular weight excluding hydrogens is 312 g/mol. The molecule has 0 fully saturated rings. The Morgan fingerprint density at radius 2 is 1.27 bits per heavy atom. The molecule has 0 atom stereocenters. The van der Waals surface area contributed by atoms with Crippen molar-refractivity contribution < 1.29 is 0 Å². The minimum Gasteiger partial charge on any atom is -0.0617 e. The first-order valence-electron chi connectivity index (χ1n) is 10.4. The molecule has 0 heterocycles. The number of hydrogen-bond acceptors (Lipinski definition) is 0. The highest BCUT2D eigenvalue weighted by atomic mass is 14.3. The Bertz CT molecular complexity index is 766. The third kappa shape index (κ3) is 4.22. The van der Waals surface area contributed by atoms with Crippen LogP contribution >= 0.6 is 0 Å². The Hall–Kier alpha value is -1.56. The summed E-state index contributed by atoms with van der Waals surface area (Å²) in [6.07, 6.45) is 7.87. The quantitative estimate of drug-likeness (QED) is 0.483. The zero-order chi connectivity index (χ0) is 18.9. The average molecular weight is 349 g/mol. The van der Waals surface area contributed by atoms with E-state index < -0.39 is 0 Å². The van der Waals surface area contributed by atoms with Crippen molar-refractivity contribution in [3.05, 3.63) is 69.8 Å². The second-order valence-electron chi connectivity index (χ2n) is 10.1. The highest BCUT2D eigenvalue weighted by Crippen LogP contribution is 2.33. The summed E-state index contributed by atoms with van der Waals surface area (Å²) in [6.45, 7) is 13.8. The molecule has 0 amide bonds. The predicted octanol–water partition coefficient (Wildman–Crippen LogP) is 6.95. The van der Waals surface area contributed by atoms with Gasteiger partial charge in [-0.25, -0.2) is 0 Å². The zero-order valence-electron chi connectivity index (χ0n) is 17.7. The number of rotatable bonds is 0. The van der Waals surface area contributed by atoms with Crippen molar-refractivity contribution in [1.29, 1.82) is 0 Å². The van der Waals surface area contributed by atoms with Crippen LogP contribution in [0.25, 0.3) is 0 Å². The summed E-state index contributed by atoms with van der Waals surface area (Å²) in [6, 6.07) is 13.8. The summed E-state index contributed by atoms with van der Waals surface area (Å²) in [5, 5.41) is 0. The molecule has 0 saturated heterocycles. The van der Waals surface area contributed by atoms with E-state index in [0.29, 0.717) is 10.8 Å². The van der Waals surface area contributed by atoms with Crippen molar-refractivity contribution in [2.45, 2.75) is 90.9 Å². The van der Waals surface area contributed by atoms with Crippen LogP contribution in [-0.2, 0) is 36.5 Å². The van der Waals surface area contributed by atoms with Gasteiger partial charge >= 0.3 is 0 Å². The molecule has 26 heavy (non-hydrogen) atoms. The third-order valence-corrected chi connectivity index (χ3v) is 5.92. The van der Waals surface area contributed by atoms with Gasteiger partial charge < -0.3 is 0 Å². The number of benzene rings is 2. The van der Waals surface area contributed by atoms with Crippen molar-refractivity contribution in [2.75, 3.05) is 0 Å². The molecule has 140 valence electrons. The summed E-state index contributed by atoms with van der Waals surface area (Å²) in [4.78, 5) is 0. The van der Waals surface area contributed by atoms with Crippen LogP contribution in [-0.4, -0.2) is 0 Å². The summed E-state index contributed by atoms with van der Waals surface area (Å²) < 4.78 is 0. The largest absolute Gasteiger partial charge is 0.0617 e. The highest BCUT2D eigenvalue weighted by molar-refractivity contribution is 5.42. The van der Waals surface area contributed by atoms with Gasteiger partial charge in [0.15, 0.2) is 0 Å². The third-order valence-electron chi connectivity index (χ3n) is 5.92. The first-order valence-corrected chi connectivity index (χ1v) is 10.4. The van der Waals surface area contributed by atoms with Crippen molar-refractivity contribution in [2.24, 2.45) is 0 Å². The van der Waals surface area contributed by atoms with Gasteiger partial charge in [-0.05, 0) is 82.7 Å². The fourth-order valence-electron chi connectivity index (χ4n) is 4.36. The van der Waals surface area contributed by atoms with Gasteiger partial charge in [0.05, 0.1) is 0 Å². The molecule has 0 aromatic heterocycles. The van der Waals surface area contributed by atoms with Gasteiger partial charge in [0.2, 0.25) is 0 Å². The van der Waals surface area contributed by atoms with E-state index in [4.69, 9.17) is 0 Å². The Balaban J connectivity index is 0.000000151. The lowest BCUT2D eigenvalue weighted by Crippen LogP contribution is -2.13. The zero-order valence-corrected chi connectivity index (χ0v) is 17.7. The summed E-state index contributed by atoms with van der Waals surface area (Å²) >= 11 is 0. The Kier molecular flexibility index (Phi) is 5.33. The van der Waals surface area contributed by atoms with Crippen LogP contribution in [0.3, 0.4) is 0 Å². The average Bonchev–Trinajstić information content (AvgIpc) is 3.21. The number of aryl methyl sites for hydroxylation is 3. The van der Waals surface area contributed by atoms with Gasteiger partial charge in [0.1, 0.15) is 0 Å². The molecule has 4 rings (SSSR count). The van der Waals surface area contributed by atoms with Gasteiger partial charge in [-0.1, -0.05) is 77.9 Å². The molecule has 0 aliphatic heterocycles. The standard InChI is InChI=1S/2C13H18/c1-13(2,3)12-9-5-7-10-6-4-8-11(10)12;1-13(2,3)12-8-7-10-5-4-6-11(10)9-12/h5,7,9H,4,6,8H2,1-3H3;7-9H,4-6H2,1-3H3. The van der Waals surface area contributed by atoms with Crippen molar-refractivity contribution in [1.82, 2.24) is 0 Å². The molecule has 0 nitrogen and oxygen atoms in total. The minimum atomic E-state index is 0.303. The topological polar surface area (TPSA) is 0 Å².